The molecule has 0 aromatic heterocycles. The Bertz CT molecular complexity index is 728. The quantitative estimate of drug-likeness (QED) is 0.844. The van der Waals surface area contributed by atoms with Gasteiger partial charge in [-0.15, -0.1) is 0 Å². The van der Waals surface area contributed by atoms with Gasteiger partial charge < -0.3 is 5.32 Å². The summed E-state index contributed by atoms with van der Waals surface area (Å²) >= 11 is 0. The molecule has 2 bridgehead atoms. The number of carbonyl (C=O) groups is 1. The molecule has 1 amide bonds. The van der Waals surface area contributed by atoms with Crippen molar-refractivity contribution in [3.8, 4) is 0 Å². The molecule has 25 heavy (non-hydrogen) atoms. The zero-order valence-electron chi connectivity index (χ0n) is 15.2. The standard InChI is InChI=1S/C19H28N2O3S/c1-13(2)15-6-8-17(9-7-15)21(25(3,23)24)12-19(22)20-18-11-14-4-5-16(18)10-14/h6-9,13-14,16,18H,4-5,10-12H2,1-3H3,(H,20,22)/t14-,16-,18-/m0/s1. The Morgan fingerprint density at radius 2 is 1.88 bits per heavy atom. The summed E-state index contributed by atoms with van der Waals surface area (Å²) in [7, 11) is -3.52. The molecule has 1 aromatic rings. The van der Waals surface area contributed by atoms with Crippen molar-refractivity contribution in [3.05, 3.63) is 29.8 Å². The van der Waals surface area contributed by atoms with Crippen LogP contribution in [0.2, 0.25) is 0 Å². The van der Waals surface area contributed by atoms with Crippen LogP contribution in [-0.2, 0) is 14.8 Å². The number of nitrogens with zero attached hydrogens (tertiary/aromatic N) is 1. The minimum Gasteiger partial charge on any atom is -0.352 e. The summed E-state index contributed by atoms with van der Waals surface area (Å²) in [6.07, 6.45) is 5.85. The number of nitrogens with one attached hydrogen (secondary N) is 1. The van der Waals surface area contributed by atoms with Gasteiger partial charge in [0.15, 0.2) is 0 Å². The van der Waals surface area contributed by atoms with Crippen LogP contribution in [0.4, 0.5) is 5.69 Å². The molecular formula is C19H28N2O3S. The Balaban J connectivity index is 1.69. The van der Waals surface area contributed by atoms with Crippen LogP contribution in [0.1, 0.15) is 51.0 Å². The lowest BCUT2D eigenvalue weighted by atomic mass is 9.95. The molecule has 0 unspecified atom stereocenters. The fraction of sp³-hybridized carbons (Fsp3) is 0.632. The lowest BCUT2D eigenvalue weighted by molar-refractivity contribution is -0.120. The van der Waals surface area contributed by atoms with Crippen LogP contribution >= 0.6 is 0 Å². The fourth-order valence-electron chi connectivity index (χ4n) is 4.23. The molecule has 2 saturated carbocycles. The maximum Gasteiger partial charge on any atom is 0.241 e. The molecular weight excluding hydrogens is 336 g/mol. The normalized spacial score (nSPS) is 25.4. The number of fused-ring (bicyclic) bond motifs is 2. The van der Waals surface area contributed by atoms with Gasteiger partial charge in [-0.3, -0.25) is 9.10 Å². The summed E-state index contributed by atoms with van der Waals surface area (Å²) in [6, 6.07) is 7.62. The molecule has 0 radical (unpaired) electrons. The Labute approximate surface area is 150 Å². The summed E-state index contributed by atoms with van der Waals surface area (Å²) in [4.78, 5) is 12.5. The van der Waals surface area contributed by atoms with Crippen LogP contribution < -0.4 is 9.62 Å². The summed E-state index contributed by atoms with van der Waals surface area (Å²) in [5.74, 6) is 1.48. The SMILES string of the molecule is CC(C)c1ccc(N(CC(=O)N[C@H]2C[C@H]3CC[C@H]2C3)S(C)(=O)=O)cc1. The second-order valence-corrected chi connectivity index (χ2v) is 9.77. The predicted octanol–water partition coefficient (Wildman–Crippen LogP) is 2.88. The zero-order chi connectivity index (χ0) is 18.2. The molecule has 0 spiro atoms. The van der Waals surface area contributed by atoms with E-state index in [1.54, 1.807) is 12.1 Å². The van der Waals surface area contributed by atoms with Gasteiger partial charge in [-0.25, -0.2) is 8.42 Å². The highest BCUT2D eigenvalue weighted by Gasteiger charge is 2.40. The first-order valence-corrected chi connectivity index (χ1v) is 11.0. The van der Waals surface area contributed by atoms with E-state index in [-0.39, 0.29) is 18.5 Å². The van der Waals surface area contributed by atoms with E-state index in [1.807, 2.05) is 12.1 Å². The number of anilines is 1. The molecule has 0 saturated heterocycles. The minimum absolute atomic E-state index is 0.159. The van der Waals surface area contributed by atoms with Gasteiger partial charge in [0.1, 0.15) is 6.54 Å². The first-order valence-electron chi connectivity index (χ1n) is 9.11. The largest absolute Gasteiger partial charge is 0.352 e. The molecule has 0 aliphatic heterocycles. The van der Waals surface area contributed by atoms with Crippen molar-refractivity contribution in [2.45, 2.75) is 51.5 Å². The maximum atomic E-state index is 12.5. The Hall–Kier alpha value is -1.56. The van der Waals surface area contributed by atoms with Crippen LogP contribution in [0, 0.1) is 11.8 Å². The van der Waals surface area contributed by atoms with Gasteiger partial charge in [0.25, 0.3) is 0 Å². The van der Waals surface area contributed by atoms with Crippen molar-refractivity contribution in [3.63, 3.8) is 0 Å². The van der Waals surface area contributed by atoms with Gasteiger partial charge >= 0.3 is 0 Å². The van der Waals surface area contributed by atoms with Crippen LogP contribution in [0.25, 0.3) is 0 Å². The monoisotopic (exact) mass is 364 g/mol. The molecule has 2 aliphatic rings. The Kier molecular flexibility index (Phi) is 5.09. The third-order valence-corrected chi connectivity index (χ3v) is 6.76. The topological polar surface area (TPSA) is 66.5 Å². The number of hydrogen-bond donors (Lipinski definition) is 1. The summed E-state index contributed by atoms with van der Waals surface area (Å²) in [5, 5.41) is 3.07. The molecule has 1 aromatic carbocycles. The van der Waals surface area contributed by atoms with E-state index < -0.39 is 10.0 Å². The van der Waals surface area contributed by atoms with Crippen molar-refractivity contribution in [1.82, 2.24) is 5.32 Å². The van der Waals surface area contributed by atoms with Crippen LogP contribution in [0.5, 0.6) is 0 Å². The van der Waals surface area contributed by atoms with E-state index in [0.717, 1.165) is 24.2 Å². The molecule has 6 heteroatoms. The lowest BCUT2D eigenvalue weighted by Gasteiger charge is -2.26. The van der Waals surface area contributed by atoms with E-state index in [2.05, 4.69) is 19.2 Å². The summed E-state index contributed by atoms with van der Waals surface area (Å²) in [5.41, 5.74) is 1.68. The average molecular weight is 365 g/mol. The van der Waals surface area contributed by atoms with E-state index in [4.69, 9.17) is 0 Å². The van der Waals surface area contributed by atoms with Gasteiger partial charge in [-0.05, 0) is 54.7 Å². The van der Waals surface area contributed by atoms with Crippen LogP contribution in [0.15, 0.2) is 24.3 Å². The number of amides is 1. The Morgan fingerprint density at radius 3 is 2.36 bits per heavy atom. The van der Waals surface area contributed by atoms with Crippen molar-refractivity contribution >= 4 is 21.6 Å². The number of sulfonamides is 1. The first kappa shape index (κ1) is 18.2. The lowest BCUT2D eigenvalue weighted by Crippen LogP contribution is -2.45. The van der Waals surface area contributed by atoms with Crippen molar-refractivity contribution in [1.29, 1.82) is 0 Å². The predicted molar refractivity (Wildman–Crippen MR) is 100 cm³/mol. The Morgan fingerprint density at radius 1 is 1.20 bits per heavy atom. The van der Waals surface area contributed by atoms with Gasteiger partial charge in [-0.2, -0.15) is 0 Å². The third kappa shape index (κ3) is 4.17. The van der Waals surface area contributed by atoms with Crippen LogP contribution in [0.3, 0.4) is 0 Å². The zero-order valence-corrected chi connectivity index (χ0v) is 16.1. The second kappa shape index (κ2) is 6.98. The van der Waals surface area contributed by atoms with Crippen LogP contribution in [-0.4, -0.2) is 33.2 Å². The van der Waals surface area contributed by atoms with Gasteiger partial charge in [-0.1, -0.05) is 32.4 Å². The molecule has 5 nitrogen and oxygen atoms in total. The van der Waals surface area contributed by atoms with E-state index in [1.165, 1.54) is 23.6 Å². The molecule has 3 atom stereocenters. The maximum absolute atomic E-state index is 12.5. The summed E-state index contributed by atoms with van der Waals surface area (Å²) in [6.45, 7) is 4.02. The molecule has 2 fully saturated rings. The molecule has 1 N–H and O–H groups in total. The second-order valence-electron chi connectivity index (χ2n) is 7.86. The number of rotatable bonds is 6. The average Bonchev–Trinajstić information content (AvgIpc) is 3.14. The van der Waals surface area contributed by atoms with Gasteiger partial charge in [0.05, 0.1) is 11.9 Å². The number of hydrogen-bond acceptors (Lipinski definition) is 3. The van der Waals surface area contributed by atoms with Crippen molar-refractivity contribution in [2.24, 2.45) is 11.8 Å². The molecule has 2 aliphatic carbocycles. The van der Waals surface area contributed by atoms with E-state index in [9.17, 15) is 13.2 Å². The first-order chi connectivity index (χ1) is 11.7. The smallest absolute Gasteiger partial charge is 0.241 e. The fourth-order valence-corrected chi connectivity index (χ4v) is 5.09. The van der Waals surface area contributed by atoms with Crippen molar-refractivity contribution < 1.29 is 13.2 Å². The highest BCUT2D eigenvalue weighted by Crippen LogP contribution is 2.44. The van der Waals surface area contributed by atoms with E-state index >= 15 is 0 Å². The molecule has 3 rings (SSSR count). The van der Waals surface area contributed by atoms with E-state index in [0.29, 0.717) is 17.5 Å². The third-order valence-electron chi connectivity index (χ3n) is 5.62. The van der Waals surface area contributed by atoms with Gasteiger partial charge in [0.2, 0.25) is 15.9 Å². The molecule has 0 heterocycles. The minimum atomic E-state index is -3.52. The van der Waals surface area contributed by atoms with Crippen molar-refractivity contribution in [2.75, 3.05) is 17.1 Å². The highest BCUT2D eigenvalue weighted by atomic mass is 32.2. The number of carbonyl (C=O) groups excluding carboxylic acids is 1. The highest BCUT2D eigenvalue weighted by molar-refractivity contribution is 7.92. The number of benzene rings is 1. The molecule has 138 valence electrons. The van der Waals surface area contributed by atoms with Gasteiger partial charge in [0, 0.05) is 6.04 Å². The summed E-state index contributed by atoms with van der Waals surface area (Å²) < 4.78 is 25.6.